The normalized spacial score (nSPS) is 12.7. The molecule has 0 bridgehead atoms. The van der Waals surface area contributed by atoms with Crippen LogP contribution in [0, 0.1) is 5.41 Å². The Bertz CT molecular complexity index is 660. The Kier molecular flexibility index (Phi) is 5.08. The first kappa shape index (κ1) is 17.9. The Morgan fingerprint density at radius 3 is 2.24 bits per heavy atom. The lowest BCUT2D eigenvalue weighted by atomic mass is 9.86. The number of hydrogen-bond acceptors (Lipinski definition) is 4. The van der Waals surface area contributed by atoms with Gasteiger partial charge in [0.2, 0.25) is 10.0 Å². The van der Waals surface area contributed by atoms with E-state index in [4.69, 9.17) is 11.6 Å². The number of ketones is 1. The van der Waals surface area contributed by atoms with Crippen LogP contribution in [0.4, 0.5) is 0 Å². The van der Waals surface area contributed by atoms with Gasteiger partial charge >= 0.3 is 0 Å². The van der Waals surface area contributed by atoms with Gasteiger partial charge in [0.25, 0.3) is 0 Å². The largest absolute Gasteiger partial charge is 0.506 e. The molecule has 5 nitrogen and oxygen atoms in total. The van der Waals surface area contributed by atoms with Crippen LogP contribution in [0.25, 0.3) is 0 Å². The van der Waals surface area contributed by atoms with Gasteiger partial charge < -0.3 is 5.11 Å². The molecule has 1 aromatic rings. The lowest BCUT2D eigenvalue weighted by Crippen LogP contribution is -2.30. The molecule has 0 aliphatic rings. The molecule has 0 heterocycles. The maximum Gasteiger partial charge on any atom is 0.244 e. The molecule has 21 heavy (non-hydrogen) atoms. The maximum atomic E-state index is 12.3. The number of halogens is 1. The molecule has 0 saturated carbocycles. The van der Waals surface area contributed by atoms with Crippen LogP contribution in [0.1, 0.15) is 45.0 Å². The number of Topliss-reactive ketones (excluding diaryl/α,β-unsaturated/α-hetero) is 1. The average molecular weight is 334 g/mol. The summed E-state index contributed by atoms with van der Waals surface area (Å²) in [6.45, 7) is 8.34. The summed E-state index contributed by atoms with van der Waals surface area (Å²) in [5.74, 6) is -0.962. The zero-order valence-corrected chi connectivity index (χ0v) is 14.3. The van der Waals surface area contributed by atoms with Crippen LogP contribution >= 0.6 is 11.6 Å². The second kappa shape index (κ2) is 5.94. The van der Waals surface area contributed by atoms with E-state index in [0.717, 1.165) is 6.07 Å². The molecule has 1 rings (SSSR count). The minimum atomic E-state index is -3.95. The van der Waals surface area contributed by atoms with Crippen molar-refractivity contribution in [3.63, 3.8) is 0 Å². The molecular formula is C14H20ClNO4S. The fraction of sp³-hybridized carbons (Fsp3) is 0.500. The van der Waals surface area contributed by atoms with Crippen molar-refractivity contribution in [1.82, 2.24) is 4.72 Å². The van der Waals surface area contributed by atoms with Crippen LogP contribution in [0.5, 0.6) is 5.75 Å². The highest BCUT2D eigenvalue weighted by atomic mass is 35.5. The molecule has 0 aliphatic heterocycles. The molecule has 0 amide bonds. The topological polar surface area (TPSA) is 83.5 Å². The first-order valence-corrected chi connectivity index (χ1v) is 8.32. The molecule has 0 spiro atoms. The number of hydrogen-bond donors (Lipinski definition) is 2. The van der Waals surface area contributed by atoms with E-state index in [9.17, 15) is 18.3 Å². The van der Waals surface area contributed by atoms with E-state index < -0.39 is 26.1 Å². The van der Waals surface area contributed by atoms with Crippen LogP contribution < -0.4 is 4.72 Å². The van der Waals surface area contributed by atoms with Crippen molar-refractivity contribution >= 4 is 27.4 Å². The van der Waals surface area contributed by atoms with Gasteiger partial charge in [-0.2, -0.15) is 0 Å². The third-order valence-corrected chi connectivity index (χ3v) is 4.54. The molecule has 2 N–H and O–H groups in total. The lowest BCUT2D eigenvalue weighted by Gasteiger charge is -2.19. The number of carbonyl (C=O) groups is 1. The minimum absolute atomic E-state index is 0.0736. The van der Waals surface area contributed by atoms with Gasteiger partial charge in [0, 0.05) is 16.5 Å². The monoisotopic (exact) mass is 333 g/mol. The summed E-state index contributed by atoms with van der Waals surface area (Å²) >= 11 is 5.90. The van der Waals surface area contributed by atoms with E-state index >= 15 is 0 Å². The summed E-state index contributed by atoms with van der Waals surface area (Å²) in [5.41, 5.74) is -0.867. The van der Waals surface area contributed by atoms with Crippen molar-refractivity contribution < 1.29 is 18.3 Å². The molecule has 0 aliphatic carbocycles. The highest BCUT2D eigenvalue weighted by Gasteiger charge is 2.30. The number of aromatic hydroxyl groups is 1. The Balaban J connectivity index is 3.52. The SMILES string of the molecule is CC(C)NS(=O)(=O)c1cc(Cl)cc(C(=O)C(C)(C)C)c1O. The zero-order chi connectivity index (χ0) is 16.6. The number of benzene rings is 1. The predicted molar refractivity (Wildman–Crippen MR) is 82.4 cm³/mol. The van der Waals surface area contributed by atoms with E-state index in [1.165, 1.54) is 6.07 Å². The van der Waals surface area contributed by atoms with Crippen molar-refractivity contribution in [3.05, 3.63) is 22.7 Å². The second-order valence-electron chi connectivity index (χ2n) is 6.16. The molecule has 118 valence electrons. The van der Waals surface area contributed by atoms with Crippen LogP contribution in [0.2, 0.25) is 5.02 Å². The first-order valence-electron chi connectivity index (χ1n) is 6.46. The summed E-state index contributed by atoms with van der Waals surface area (Å²) in [7, 11) is -3.95. The number of sulfonamides is 1. The van der Waals surface area contributed by atoms with Gasteiger partial charge in [-0.25, -0.2) is 13.1 Å². The number of rotatable bonds is 4. The molecule has 0 fully saturated rings. The molecule has 7 heteroatoms. The standard InChI is InChI=1S/C14H20ClNO4S/c1-8(2)16-21(19,20)11-7-9(15)6-10(12(11)17)13(18)14(3,4)5/h6-8,16-17H,1-5H3. The van der Waals surface area contributed by atoms with E-state index in [2.05, 4.69) is 4.72 Å². The molecule has 0 radical (unpaired) electrons. The Hall–Kier alpha value is -1.11. The Morgan fingerprint density at radius 2 is 1.81 bits per heavy atom. The van der Waals surface area contributed by atoms with E-state index in [1.807, 2.05) is 0 Å². The van der Waals surface area contributed by atoms with Crippen LogP contribution in [-0.4, -0.2) is 25.3 Å². The van der Waals surface area contributed by atoms with Crippen LogP contribution in [0.15, 0.2) is 17.0 Å². The Morgan fingerprint density at radius 1 is 1.29 bits per heavy atom. The smallest absolute Gasteiger partial charge is 0.244 e. The Labute approximate surface area is 130 Å². The highest BCUT2D eigenvalue weighted by molar-refractivity contribution is 7.89. The van der Waals surface area contributed by atoms with Gasteiger partial charge in [0.05, 0.1) is 5.56 Å². The van der Waals surface area contributed by atoms with E-state index in [-0.39, 0.29) is 22.4 Å². The number of phenols is 1. The van der Waals surface area contributed by atoms with Crippen molar-refractivity contribution in [2.45, 2.75) is 45.6 Å². The predicted octanol–water partition coefficient (Wildman–Crippen LogP) is 2.96. The molecular weight excluding hydrogens is 314 g/mol. The zero-order valence-electron chi connectivity index (χ0n) is 12.7. The minimum Gasteiger partial charge on any atom is -0.506 e. The lowest BCUT2D eigenvalue weighted by molar-refractivity contribution is 0.0855. The van der Waals surface area contributed by atoms with Gasteiger partial charge in [0.15, 0.2) is 5.78 Å². The number of nitrogens with one attached hydrogen (secondary N) is 1. The summed E-state index contributed by atoms with van der Waals surface area (Å²) in [6, 6.07) is 2.05. The summed E-state index contributed by atoms with van der Waals surface area (Å²) < 4.78 is 26.7. The van der Waals surface area contributed by atoms with Gasteiger partial charge in [-0.1, -0.05) is 32.4 Å². The maximum absolute atomic E-state index is 12.3. The van der Waals surface area contributed by atoms with E-state index in [1.54, 1.807) is 34.6 Å². The van der Waals surface area contributed by atoms with Gasteiger partial charge in [-0.05, 0) is 26.0 Å². The summed E-state index contributed by atoms with van der Waals surface area (Å²) in [4.78, 5) is 11.9. The number of carbonyl (C=O) groups excluding carboxylic acids is 1. The third-order valence-electron chi connectivity index (χ3n) is 2.65. The fourth-order valence-corrected chi connectivity index (χ4v) is 3.41. The molecule has 1 aromatic carbocycles. The number of phenolic OH excluding ortho intramolecular Hbond substituents is 1. The fourth-order valence-electron chi connectivity index (χ4n) is 1.73. The van der Waals surface area contributed by atoms with Crippen LogP contribution in [-0.2, 0) is 10.0 Å². The van der Waals surface area contributed by atoms with Crippen molar-refractivity contribution in [3.8, 4) is 5.75 Å². The first-order chi connectivity index (χ1) is 9.36. The van der Waals surface area contributed by atoms with Crippen molar-refractivity contribution in [2.75, 3.05) is 0 Å². The average Bonchev–Trinajstić information content (AvgIpc) is 2.27. The molecule has 0 atom stereocenters. The summed E-state index contributed by atoms with van der Waals surface area (Å²) in [5, 5.41) is 10.3. The third kappa shape index (κ3) is 4.18. The van der Waals surface area contributed by atoms with Crippen molar-refractivity contribution in [2.24, 2.45) is 5.41 Å². The molecule has 0 unspecified atom stereocenters. The summed E-state index contributed by atoms with van der Waals surface area (Å²) in [6.07, 6.45) is 0. The quantitative estimate of drug-likeness (QED) is 0.830. The second-order valence-corrected chi connectivity index (χ2v) is 8.27. The van der Waals surface area contributed by atoms with Crippen LogP contribution in [0.3, 0.4) is 0 Å². The van der Waals surface area contributed by atoms with Gasteiger partial charge in [-0.3, -0.25) is 4.79 Å². The van der Waals surface area contributed by atoms with Crippen molar-refractivity contribution in [1.29, 1.82) is 0 Å². The highest BCUT2D eigenvalue weighted by Crippen LogP contribution is 2.34. The molecule has 0 saturated heterocycles. The van der Waals surface area contributed by atoms with Gasteiger partial charge in [-0.15, -0.1) is 0 Å². The molecule has 0 aromatic heterocycles. The van der Waals surface area contributed by atoms with Gasteiger partial charge in [0.1, 0.15) is 10.6 Å². The van der Waals surface area contributed by atoms with E-state index in [0.29, 0.717) is 0 Å².